The van der Waals surface area contributed by atoms with Crippen molar-refractivity contribution in [3.63, 3.8) is 0 Å². The van der Waals surface area contributed by atoms with Gasteiger partial charge in [-0.15, -0.1) is 0 Å². The molecule has 0 amide bonds. The molecule has 3 saturated carbocycles. The van der Waals surface area contributed by atoms with Crippen LogP contribution < -0.4 is 5.73 Å². The first-order valence-corrected chi connectivity index (χ1v) is 12.2. The van der Waals surface area contributed by atoms with Crippen molar-refractivity contribution < 1.29 is 19.1 Å². The molecule has 3 fully saturated rings. The average molecular weight is 448 g/mol. The maximum absolute atomic E-state index is 13.1. The van der Waals surface area contributed by atoms with Crippen LogP contribution in [0, 0.1) is 17.3 Å². The third kappa shape index (κ3) is 3.23. The highest BCUT2D eigenvalue weighted by Gasteiger charge is 2.67. The topological polar surface area (TPSA) is 86.5 Å². The van der Waals surface area contributed by atoms with Crippen molar-refractivity contribution in [3.8, 4) is 0 Å². The molecule has 0 spiro atoms. The molecule has 5 rings (SSSR count). The maximum Gasteiger partial charge on any atom is 0.303 e. The van der Waals surface area contributed by atoms with Gasteiger partial charge in [-0.25, -0.2) is 0 Å². The Balaban J connectivity index is 1.68. The van der Waals surface area contributed by atoms with E-state index in [-0.39, 0.29) is 23.5 Å². The summed E-state index contributed by atoms with van der Waals surface area (Å²) in [5.74, 6) is 0.525. The number of nitrogen functional groups attached to an aromatic ring is 1. The number of benzene rings is 1. The predicted molar refractivity (Wildman–Crippen MR) is 126 cm³/mol. The fourth-order valence-corrected chi connectivity index (χ4v) is 7.67. The van der Waals surface area contributed by atoms with Crippen LogP contribution in [0.15, 0.2) is 47.1 Å². The largest absolute Gasteiger partial charge is 0.451 e. The molecule has 5 heteroatoms. The van der Waals surface area contributed by atoms with Gasteiger partial charge in [0.1, 0.15) is 5.78 Å². The number of rotatable bonds is 3. The van der Waals surface area contributed by atoms with Crippen LogP contribution >= 0.6 is 0 Å². The number of hydrogen-bond acceptors (Lipinski definition) is 5. The molecule has 4 aliphatic rings. The van der Waals surface area contributed by atoms with Gasteiger partial charge in [0.2, 0.25) is 0 Å². The second-order valence-electron chi connectivity index (χ2n) is 10.7. The first kappa shape index (κ1) is 22.1. The summed E-state index contributed by atoms with van der Waals surface area (Å²) in [4.78, 5) is 37.5. The zero-order chi connectivity index (χ0) is 23.5. The Kier molecular flexibility index (Phi) is 5.15. The van der Waals surface area contributed by atoms with Crippen molar-refractivity contribution in [1.29, 1.82) is 0 Å². The van der Waals surface area contributed by atoms with Gasteiger partial charge >= 0.3 is 5.97 Å². The Hall–Kier alpha value is -2.69. The van der Waals surface area contributed by atoms with Crippen LogP contribution in [0.4, 0.5) is 5.69 Å². The van der Waals surface area contributed by atoms with E-state index in [1.54, 1.807) is 6.92 Å². The molecule has 5 nitrogen and oxygen atoms in total. The lowest BCUT2D eigenvalue weighted by Gasteiger charge is -2.54. The predicted octanol–water partition coefficient (Wildman–Crippen LogP) is 5.06. The lowest BCUT2D eigenvalue weighted by molar-refractivity contribution is -0.182. The molecule has 174 valence electrons. The molecule has 0 aromatic heterocycles. The lowest BCUT2D eigenvalue weighted by atomic mass is 9.51. The second-order valence-corrected chi connectivity index (χ2v) is 10.7. The minimum atomic E-state index is -1.09. The summed E-state index contributed by atoms with van der Waals surface area (Å²) in [6, 6.07) is 8.06. The molecular weight excluding hydrogens is 414 g/mol. The van der Waals surface area contributed by atoms with Crippen LogP contribution in [0.1, 0.15) is 77.2 Å². The van der Waals surface area contributed by atoms with Gasteiger partial charge < -0.3 is 10.5 Å². The van der Waals surface area contributed by atoms with E-state index < -0.39 is 17.0 Å². The molecule has 0 heterocycles. The van der Waals surface area contributed by atoms with E-state index in [9.17, 15) is 14.4 Å². The zero-order valence-electron chi connectivity index (χ0n) is 19.8. The summed E-state index contributed by atoms with van der Waals surface area (Å²) in [7, 11) is 0. The molecule has 0 aliphatic heterocycles. The third-order valence-electron chi connectivity index (χ3n) is 9.06. The van der Waals surface area contributed by atoms with Gasteiger partial charge in [-0.1, -0.05) is 30.7 Å². The van der Waals surface area contributed by atoms with E-state index in [2.05, 4.69) is 25.1 Å². The van der Waals surface area contributed by atoms with Gasteiger partial charge in [-0.2, -0.15) is 0 Å². The SMILES string of the molecule is CC(=O)O[C@]1(C(C)=O)CCC2C3CC=C4CC(=O)CCC4=C3C(c3ccc(N)cc3)C[C@@]21C. The maximum atomic E-state index is 13.1. The molecule has 4 aliphatic carbocycles. The van der Waals surface area contributed by atoms with Crippen LogP contribution in [0.2, 0.25) is 0 Å². The Morgan fingerprint density at radius 2 is 1.85 bits per heavy atom. The zero-order valence-corrected chi connectivity index (χ0v) is 19.8. The van der Waals surface area contributed by atoms with Gasteiger partial charge in [-0.05, 0) is 79.7 Å². The summed E-state index contributed by atoms with van der Waals surface area (Å²) in [5.41, 5.74) is 10.4. The molecule has 2 N–H and O–H groups in total. The van der Waals surface area contributed by atoms with Crippen LogP contribution in [0.5, 0.6) is 0 Å². The van der Waals surface area contributed by atoms with Crippen LogP contribution in [0.25, 0.3) is 0 Å². The number of carbonyl (C=O) groups excluding carboxylic acids is 3. The quantitative estimate of drug-likeness (QED) is 0.517. The smallest absolute Gasteiger partial charge is 0.303 e. The Morgan fingerprint density at radius 1 is 1.12 bits per heavy atom. The van der Waals surface area contributed by atoms with Crippen LogP contribution in [-0.2, 0) is 19.1 Å². The van der Waals surface area contributed by atoms with E-state index in [4.69, 9.17) is 10.5 Å². The summed E-state index contributed by atoms with van der Waals surface area (Å²) >= 11 is 0. The summed E-state index contributed by atoms with van der Waals surface area (Å²) in [5, 5.41) is 0. The van der Waals surface area contributed by atoms with E-state index in [1.807, 2.05) is 12.1 Å². The molecule has 0 bridgehead atoms. The molecule has 1 aromatic carbocycles. The standard InChI is InChI=1S/C28H33NO4/c1-16(30)28(33-17(2)31)13-12-25-23-10-6-19-14-21(32)9-11-22(19)26(23)24(15-27(25,28)3)18-4-7-20(29)8-5-18/h4-8,23-25H,9-15,29H2,1-3H3/t23?,24?,25?,27-,28-/m0/s1. The fourth-order valence-electron chi connectivity index (χ4n) is 7.67. The normalized spacial score (nSPS) is 35.3. The second kappa shape index (κ2) is 7.68. The van der Waals surface area contributed by atoms with Gasteiger partial charge in [-0.3, -0.25) is 14.4 Å². The highest BCUT2D eigenvalue weighted by atomic mass is 16.6. The van der Waals surface area contributed by atoms with E-state index >= 15 is 0 Å². The van der Waals surface area contributed by atoms with Crippen molar-refractivity contribution in [1.82, 2.24) is 0 Å². The summed E-state index contributed by atoms with van der Waals surface area (Å²) in [6.07, 6.45) is 7.26. The number of anilines is 1. The van der Waals surface area contributed by atoms with E-state index in [0.717, 1.165) is 31.4 Å². The molecule has 0 radical (unpaired) electrons. The molecule has 33 heavy (non-hydrogen) atoms. The number of hydrogen-bond donors (Lipinski definition) is 1. The van der Waals surface area contributed by atoms with Gasteiger partial charge in [0.05, 0.1) is 0 Å². The number of Topliss-reactive ketones (excluding diaryl/α,β-unsaturated/α-hetero) is 2. The molecule has 5 atom stereocenters. The number of ketones is 2. The minimum absolute atomic E-state index is 0.0508. The third-order valence-corrected chi connectivity index (χ3v) is 9.06. The van der Waals surface area contributed by atoms with Gasteiger partial charge in [0.15, 0.2) is 11.4 Å². The van der Waals surface area contributed by atoms with Crippen molar-refractivity contribution in [3.05, 3.63) is 52.6 Å². The highest BCUT2D eigenvalue weighted by Crippen LogP contribution is 2.67. The van der Waals surface area contributed by atoms with Gasteiger partial charge in [0.25, 0.3) is 0 Å². The fraction of sp³-hybridized carbons (Fsp3) is 0.536. The van der Waals surface area contributed by atoms with Crippen LogP contribution in [-0.4, -0.2) is 23.1 Å². The van der Waals surface area contributed by atoms with E-state index in [0.29, 0.717) is 25.0 Å². The van der Waals surface area contributed by atoms with Gasteiger partial charge in [0, 0.05) is 36.8 Å². The number of esters is 1. The number of carbonyl (C=O) groups is 3. The van der Waals surface area contributed by atoms with Crippen LogP contribution in [0.3, 0.4) is 0 Å². The molecule has 0 saturated heterocycles. The van der Waals surface area contributed by atoms with E-state index in [1.165, 1.54) is 29.2 Å². The first-order valence-electron chi connectivity index (χ1n) is 12.2. The molecular formula is C28H33NO4. The number of fused-ring (bicyclic) bond motifs is 4. The monoisotopic (exact) mass is 447 g/mol. The highest BCUT2D eigenvalue weighted by molar-refractivity contribution is 5.89. The molecule has 3 unspecified atom stereocenters. The molecule has 1 aromatic rings. The summed E-state index contributed by atoms with van der Waals surface area (Å²) < 4.78 is 5.95. The number of nitrogens with two attached hydrogens (primary N) is 1. The summed E-state index contributed by atoms with van der Waals surface area (Å²) in [6.45, 7) is 5.16. The number of allylic oxidation sites excluding steroid dienone is 4. The van der Waals surface area contributed by atoms with Crippen molar-refractivity contribution >= 4 is 23.2 Å². The minimum Gasteiger partial charge on any atom is -0.451 e. The van der Waals surface area contributed by atoms with Crippen molar-refractivity contribution in [2.75, 3.05) is 5.73 Å². The Bertz CT molecular complexity index is 1100. The van der Waals surface area contributed by atoms with Crippen molar-refractivity contribution in [2.45, 2.75) is 77.2 Å². The number of ether oxygens (including phenoxy) is 1. The lowest BCUT2D eigenvalue weighted by Crippen LogP contribution is -2.57. The van der Waals surface area contributed by atoms with Crippen molar-refractivity contribution in [2.24, 2.45) is 17.3 Å². The average Bonchev–Trinajstić information content (AvgIpc) is 3.06. The first-order chi connectivity index (χ1) is 15.7. The Labute approximate surface area is 195 Å². The Morgan fingerprint density at radius 3 is 2.52 bits per heavy atom.